The van der Waals surface area contributed by atoms with Gasteiger partial charge in [0.05, 0.1) is 29.7 Å². The largest absolute Gasteiger partial charge is 0.417 e. The minimum atomic E-state index is -4.54. The predicted molar refractivity (Wildman–Crippen MR) is 50.2 cm³/mol. The molecule has 0 saturated carbocycles. The Balaban J connectivity index is 3.57. The molecule has 0 saturated heterocycles. The van der Waals surface area contributed by atoms with Crippen LogP contribution in [-0.4, -0.2) is 0 Å². The van der Waals surface area contributed by atoms with Gasteiger partial charge in [-0.25, -0.2) is 0 Å². The van der Waals surface area contributed by atoms with Gasteiger partial charge in [-0.2, -0.15) is 23.7 Å². The number of rotatable bonds is 1. The standard InChI is InChI=1S/C11H7F3N2/c1-7-2-3-8(6-16)9(4-5-15)10(7)11(12,13)14/h2-3H,4H2,1H3. The molecule has 5 heteroatoms. The average molecular weight is 224 g/mol. The Labute approximate surface area is 90.5 Å². The Morgan fingerprint density at radius 2 is 1.88 bits per heavy atom. The zero-order valence-corrected chi connectivity index (χ0v) is 8.39. The van der Waals surface area contributed by atoms with Crippen LogP contribution in [0.2, 0.25) is 0 Å². The van der Waals surface area contributed by atoms with Gasteiger partial charge >= 0.3 is 6.18 Å². The Bertz CT molecular complexity index is 490. The molecular formula is C11H7F3N2. The number of hydrogen-bond acceptors (Lipinski definition) is 2. The molecule has 0 aromatic heterocycles. The summed E-state index contributed by atoms with van der Waals surface area (Å²) >= 11 is 0. The fourth-order valence-corrected chi connectivity index (χ4v) is 1.53. The molecule has 0 aliphatic heterocycles. The molecule has 1 aromatic rings. The molecule has 0 spiro atoms. The monoisotopic (exact) mass is 224 g/mol. The van der Waals surface area contributed by atoms with Crippen LogP contribution >= 0.6 is 0 Å². The number of aryl methyl sites for hydroxylation is 1. The van der Waals surface area contributed by atoms with Gasteiger partial charge in [-0.3, -0.25) is 0 Å². The van der Waals surface area contributed by atoms with Gasteiger partial charge in [0.15, 0.2) is 0 Å². The predicted octanol–water partition coefficient (Wildman–Crippen LogP) is 2.95. The quantitative estimate of drug-likeness (QED) is 0.736. The van der Waals surface area contributed by atoms with Crippen molar-refractivity contribution in [1.82, 2.24) is 0 Å². The molecule has 2 nitrogen and oxygen atoms in total. The van der Waals surface area contributed by atoms with Gasteiger partial charge in [0, 0.05) is 0 Å². The van der Waals surface area contributed by atoms with Crippen molar-refractivity contribution in [2.24, 2.45) is 0 Å². The summed E-state index contributed by atoms with van der Waals surface area (Å²) in [4.78, 5) is 0. The maximum absolute atomic E-state index is 12.7. The number of halogens is 3. The average Bonchev–Trinajstić information content (AvgIpc) is 2.16. The van der Waals surface area contributed by atoms with Crippen LogP contribution < -0.4 is 0 Å². The van der Waals surface area contributed by atoms with Gasteiger partial charge < -0.3 is 0 Å². The number of nitriles is 2. The molecule has 0 aliphatic carbocycles. The highest BCUT2D eigenvalue weighted by Gasteiger charge is 2.36. The summed E-state index contributed by atoms with van der Waals surface area (Å²) in [7, 11) is 0. The highest BCUT2D eigenvalue weighted by Crippen LogP contribution is 2.36. The lowest BCUT2D eigenvalue weighted by Crippen LogP contribution is -2.13. The summed E-state index contributed by atoms with van der Waals surface area (Å²) in [6.07, 6.45) is -4.96. The van der Waals surface area contributed by atoms with E-state index in [4.69, 9.17) is 10.5 Å². The summed E-state index contributed by atoms with van der Waals surface area (Å²) in [6, 6.07) is 5.86. The Kier molecular flexibility index (Phi) is 3.20. The number of nitrogens with zero attached hydrogens (tertiary/aromatic N) is 2. The van der Waals surface area contributed by atoms with E-state index < -0.39 is 18.2 Å². The zero-order valence-electron chi connectivity index (χ0n) is 8.39. The van der Waals surface area contributed by atoms with Crippen LogP contribution in [0.4, 0.5) is 13.2 Å². The number of benzene rings is 1. The summed E-state index contributed by atoms with van der Waals surface area (Å²) in [5.74, 6) is 0. The van der Waals surface area contributed by atoms with E-state index in [-0.39, 0.29) is 16.7 Å². The molecule has 0 radical (unpaired) electrons. The normalized spacial score (nSPS) is 10.6. The summed E-state index contributed by atoms with van der Waals surface area (Å²) in [6.45, 7) is 1.31. The van der Waals surface area contributed by atoms with Crippen LogP contribution in [0.15, 0.2) is 12.1 Å². The van der Waals surface area contributed by atoms with Gasteiger partial charge in [-0.1, -0.05) is 6.07 Å². The van der Waals surface area contributed by atoms with E-state index in [1.54, 1.807) is 12.1 Å². The lowest BCUT2D eigenvalue weighted by molar-refractivity contribution is -0.138. The Morgan fingerprint density at radius 3 is 2.31 bits per heavy atom. The van der Waals surface area contributed by atoms with Gasteiger partial charge in [-0.15, -0.1) is 0 Å². The molecule has 0 atom stereocenters. The van der Waals surface area contributed by atoms with Crippen molar-refractivity contribution in [3.63, 3.8) is 0 Å². The van der Waals surface area contributed by atoms with Crippen molar-refractivity contribution in [3.8, 4) is 12.1 Å². The first-order chi connectivity index (χ1) is 7.41. The fraction of sp³-hybridized carbons (Fsp3) is 0.273. The first-order valence-corrected chi connectivity index (χ1v) is 4.38. The van der Waals surface area contributed by atoms with E-state index >= 15 is 0 Å². The topological polar surface area (TPSA) is 47.6 Å². The second-order valence-corrected chi connectivity index (χ2v) is 3.23. The molecule has 1 rings (SSSR count). The minimum absolute atomic E-state index is 0.0248. The third-order valence-electron chi connectivity index (χ3n) is 2.18. The molecule has 0 heterocycles. The van der Waals surface area contributed by atoms with Crippen LogP contribution in [0.25, 0.3) is 0 Å². The first kappa shape index (κ1) is 12.1. The SMILES string of the molecule is Cc1ccc(C#N)c(CC#N)c1C(F)(F)F. The maximum Gasteiger partial charge on any atom is 0.417 e. The van der Waals surface area contributed by atoms with Crippen LogP contribution in [-0.2, 0) is 12.6 Å². The lowest BCUT2D eigenvalue weighted by atomic mass is 9.95. The molecule has 16 heavy (non-hydrogen) atoms. The van der Waals surface area contributed by atoms with Crippen molar-refractivity contribution >= 4 is 0 Å². The lowest BCUT2D eigenvalue weighted by Gasteiger charge is -2.15. The van der Waals surface area contributed by atoms with Crippen LogP contribution in [0.3, 0.4) is 0 Å². The molecular weight excluding hydrogens is 217 g/mol. The van der Waals surface area contributed by atoms with Crippen LogP contribution in [0.1, 0.15) is 22.3 Å². The summed E-state index contributed by atoms with van der Waals surface area (Å²) in [5.41, 5.74) is -1.18. The third-order valence-corrected chi connectivity index (χ3v) is 2.18. The smallest absolute Gasteiger partial charge is 0.198 e. The van der Waals surface area contributed by atoms with Crippen molar-refractivity contribution < 1.29 is 13.2 Å². The van der Waals surface area contributed by atoms with Crippen molar-refractivity contribution in [2.45, 2.75) is 19.5 Å². The molecule has 0 N–H and O–H groups in total. The molecule has 0 amide bonds. The number of hydrogen-bond donors (Lipinski definition) is 0. The maximum atomic E-state index is 12.7. The summed E-state index contributed by atoms with van der Waals surface area (Å²) < 4.78 is 38.2. The van der Waals surface area contributed by atoms with Gasteiger partial charge in [-0.05, 0) is 24.1 Å². The van der Waals surface area contributed by atoms with Crippen molar-refractivity contribution in [3.05, 3.63) is 34.4 Å². The highest BCUT2D eigenvalue weighted by molar-refractivity contribution is 5.49. The molecule has 82 valence electrons. The molecule has 0 bridgehead atoms. The molecule has 0 fully saturated rings. The van der Waals surface area contributed by atoms with E-state index in [9.17, 15) is 13.2 Å². The minimum Gasteiger partial charge on any atom is -0.198 e. The fourth-order valence-electron chi connectivity index (χ4n) is 1.53. The Hall–Kier alpha value is -2.01. The van der Waals surface area contributed by atoms with E-state index in [0.717, 1.165) is 0 Å². The van der Waals surface area contributed by atoms with E-state index in [0.29, 0.717) is 0 Å². The number of alkyl halides is 3. The zero-order chi connectivity index (χ0) is 12.3. The van der Waals surface area contributed by atoms with Crippen LogP contribution in [0, 0.1) is 29.6 Å². The molecule has 0 aliphatic rings. The second kappa shape index (κ2) is 4.24. The van der Waals surface area contributed by atoms with Crippen molar-refractivity contribution in [1.29, 1.82) is 10.5 Å². The van der Waals surface area contributed by atoms with Gasteiger partial charge in [0.25, 0.3) is 0 Å². The first-order valence-electron chi connectivity index (χ1n) is 4.38. The van der Waals surface area contributed by atoms with E-state index in [1.807, 2.05) is 0 Å². The van der Waals surface area contributed by atoms with E-state index in [2.05, 4.69) is 0 Å². The van der Waals surface area contributed by atoms with E-state index in [1.165, 1.54) is 19.1 Å². The van der Waals surface area contributed by atoms with Crippen molar-refractivity contribution in [2.75, 3.05) is 0 Å². The molecule has 0 unspecified atom stereocenters. The van der Waals surface area contributed by atoms with Gasteiger partial charge in [0.1, 0.15) is 0 Å². The van der Waals surface area contributed by atoms with Gasteiger partial charge in [0.2, 0.25) is 0 Å². The van der Waals surface area contributed by atoms with Crippen LogP contribution in [0.5, 0.6) is 0 Å². The molecule has 1 aromatic carbocycles. The Morgan fingerprint density at radius 1 is 1.25 bits per heavy atom. The summed E-state index contributed by atoms with van der Waals surface area (Å²) in [5, 5.41) is 17.2. The highest BCUT2D eigenvalue weighted by atomic mass is 19.4. The second-order valence-electron chi connectivity index (χ2n) is 3.23. The third kappa shape index (κ3) is 2.14.